The summed E-state index contributed by atoms with van der Waals surface area (Å²) in [6.45, 7) is 0.968. The van der Waals surface area contributed by atoms with Crippen molar-refractivity contribution < 1.29 is 19.0 Å². The van der Waals surface area contributed by atoms with Crippen molar-refractivity contribution in [2.24, 2.45) is 0 Å². The number of carbonyl (C=O) groups is 1. The van der Waals surface area contributed by atoms with Gasteiger partial charge in [0.05, 0.1) is 22.9 Å². The Balaban J connectivity index is 2.78. The van der Waals surface area contributed by atoms with Gasteiger partial charge in [-0.25, -0.2) is 4.79 Å². The minimum atomic E-state index is -0.368. The highest BCUT2D eigenvalue weighted by molar-refractivity contribution is 14.1. The summed E-state index contributed by atoms with van der Waals surface area (Å²) in [4.78, 5) is 11.3. The number of ether oxygens (including phenoxy) is 3. The average molecular weight is 336 g/mol. The van der Waals surface area contributed by atoms with E-state index in [0.717, 1.165) is 3.57 Å². The van der Waals surface area contributed by atoms with Crippen LogP contribution in [0, 0.1) is 3.57 Å². The van der Waals surface area contributed by atoms with Gasteiger partial charge < -0.3 is 14.2 Å². The molecule has 1 rings (SSSR count). The number of methoxy groups -OCH3 is 2. The average Bonchev–Trinajstić information content (AvgIpc) is 2.31. The molecule has 0 aliphatic carbocycles. The lowest BCUT2D eigenvalue weighted by atomic mass is 10.2. The van der Waals surface area contributed by atoms with Crippen LogP contribution in [-0.2, 0) is 9.47 Å². The molecular weight excluding hydrogens is 323 g/mol. The molecule has 0 atom stereocenters. The second kappa shape index (κ2) is 6.70. The molecule has 0 unspecified atom stereocenters. The Morgan fingerprint density at radius 3 is 2.69 bits per heavy atom. The monoisotopic (exact) mass is 336 g/mol. The van der Waals surface area contributed by atoms with E-state index in [9.17, 15) is 4.79 Å². The molecule has 0 aromatic heterocycles. The van der Waals surface area contributed by atoms with Crippen LogP contribution in [-0.4, -0.2) is 33.4 Å². The van der Waals surface area contributed by atoms with Crippen molar-refractivity contribution in [3.63, 3.8) is 0 Å². The quantitative estimate of drug-likeness (QED) is 0.469. The topological polar surface area (TPSA) is 44.8 Å². The number of carbonyl (C=O) groups excluding carboxylic acids is 1. The van der Waals surface area contributed by atoms with E-state index >= 15 is 0 Å². The molecule has 0 spiro atoms. The van der Waals surface area contributed by atoms with Crippen LogP contribution in [0.4, 0.5) is 0 Å². The minimum Gasteiger partial charge on any atom is -0.490 e. The summed E-state index contributed by atoms with van der Waals surface area (Å²) in [5, 5.41) is 0. The van der Waals surface area contributed by atoms with Gasteiger partial charge in [-0.2, -0.15) is 0 Å². The molecule has 0 amide bonds. The Kier molecular flexibility index (Phi) is 5.54. The van der Waals surface area contributed by atoms with Crippen LogP contribution >= 0.6 is 22.6 Å². The van der Waals surface area contributed by atoms with Gasteiger partial charge in [0, 0.05) is 7.11 Å². The van der Waals surface area contributed by atoms with Crippen LogP contribution in [0.2, 0.25) is 0 Å². The number of rotatable bonds is 5. The largest absolute Gasteiger partial charge is 0.490 e. The molecule has 0 fully saturated rings. The van der Waals surface area contributed by atoms with Gasteiger partial charge in [0.1, 0.15) is 12.4 Å². The standard InChI is InChI=1S/C11H13IO4/c1-14-5-6-16-10-7-8(11(13)15-2)3-4-9(10)12/h3-4,7H,5-6H2,1-2H3. The van der Waals surface area contributed by atoms with Gasteiger partial charge in [-0.3, -0.25) is 0 Å². The maximum atomic E-state index is 11.3. The van der Waals surface area contributed by atoms with Crippen LogP contribution in [0.5, 0.6) is 5.75 Å². The zero-order valence-electron chi connectivity index (χ0n) is 9.16. The zero-order chi connectivity index (χ0) is 12.0. The molecule has 0 N–H and O–H groups in total. The van der Waals surface area contributed by atoms with E-state index < -0.39 is 0 Å². The first kappa shape index (κ1) is 13.2. The summed E-state index contributed by atoms with van der Waals surface area (Å²) in [6.07, 6.45) is 0. The van der Waals surface area contributed by atoms with Gasteiger partial charge in [0.25, 0.3) is 0 Å². The van der Waals surface area contributed by atoms with Gasteiger partial charge >= 0.3 is 5.97 Å². The lowest BCUT2D eigenvalue weighted by Gasteiger charge is -2.08. The third-order valence-electron chi connectivity index (χ3n) is 1.90. The van der Waals surface area contributed by atoms with E-state index in [1.807, 2.05) is 6.07 Å². The number of esters is 1. The fourth-order valence-electron chi connectivity index (χ4n) is 1.09. The van der Waals surface area contributed by atoms with Crippen molar-refractivity contribution in [3.8, 4) is 5.75 Å². The number of hydrogen-bond donors (Lipinski definition) is 0. The summed E-state index contributed by atoms with van der Waals surface area (Å²) in [5.74, 6) is 0.300. The highest BCUT2D eigenvalue weighted by Gasteiger charge is 2.09. The summed E-state index contributed by atoms with van der Waals surface area (Å²) < 4.78 is 15.9. The van der Waals surface area contributed by atoms with Crippen LogP contribution in [0.3, 0.4) is 0 Å². The maximum Gasteiger partial charge on any atom is 0.337 e. The molecule has 1 aromatic rings. The summed E-state index contributed by atoms with van der Waals surface area (Å²) in [6, 6.07) is 5.19. The van der Waals surface area contributed by atoms with E-state index in [2.05, 4.69) is 27.3 Å². The van der Waals surface area contributed by atoms with E-state index in [1.165, 1.54) is 7.11 Å². The Labute approximate surface area is 108 Å². The Morgan fingerprint density at radius 1 is 1.31 bits per heavy atom. The van der Waals surface area contributed by atoms with Crippen LogP contribution < -0.4 is 4.74 Å². The molecule has 0 aliphatic heterocycles. The lowest BCUT2D eigenvalue weighted by Crippen LogP contribution is -2.07. The fraction of sp³-hybridized carbons (Fsp3) is 0.364. The van der Waals surface area contributed by atoms with Crippen molar-refractivity contribution in [1.82, 2.24) is 0 Å². The molecule has 0 saturated heterocycles. The number of halogens is 1. The summed E-state index contributed by atoms with van der Waals surface area (Å²) in [7, 11) is 2.96. The molecule has 5 heteroatoms. The highest BCUT2D eigenvalue weighted by Crippen LogP contribution is 2.22. The van der Waals surface area contributed by atoms with E-state index in [-0.39, 0.29) is 5.97 Å². The molecule has 1 aromatic carbocycles. The Morgan fingerprint density at radius 2 is 2.06 bits per heavy atom. The van der Waals surface area contributed by atoms with Gasteiger partial charge in [0.2, 0.25) is 0 Å². The predicted octanol–water partition coefficient (Wildman–Crippen LogP) is 2.10. The first-order valence-corrected chi connectivity index (χ1v) is 5.76. The molecular formula is C11H13IO4. The Hall–Kier alpha value is -0.820. The fourth-order valence-corrected chi connectivity index (χ4v) is 1.58. The molecule has 0 radical (unpaired) electrons. The van der Waals surface area contributed by atoms with Gasteiger partial charge in [0.15, 0.2) is 0 Å². The highest BCUT2D eigenvalue weighted by atomic mass is 127. The Bertz CT molecular complexity index is 365. The first-order valence-electron chi connectivity index (χ1n) is 4.68. The first-order chi connectivity index (χ1) is 7.69. The SMILES string of the molecule is COCCOc1cc(C(=O)OC)ccc1I. The molecule has 4 nitrogen and oxygen atoms in total. The number of hydrogen-bond acceptors (Lipinski definition) is 4. The number of benzene rings is 1. The van der Waals surface area contributed by atoms with Gasteiger partial charge in [-0.05, 0) is 40.8 Å². The lowest BCUT2D eigenvalue weighted by molar-refractivity contribution is 0.0600. The second-order valence-corrected chi connectivity index (χ2v) is 4.14. The van der Waals surface area contributed by atoms with Crippen LogP contribution in [0.15, 0.2) is 18.2 Å². The summed E-state index contributed by atoms with van der Waals surface area (Å²) in [5.41, 5.74) is 0.482. The van der Waals surface area contributed by atoms with Crippen molar-refractivity contribution in [3.05, 3.63) is 27.3 Å². The smallest absolute Gasteiger partial charge is 0.337 e. The van der Waals surface area contributed by atoms with E-state index in [0.29, 0.717) is 24.5 Å². The predicted molar refractivity (Wildman–Crippen MR) is 67.9 cm³/mol. The zero-order valence-corrected chi connectivity index (χ0v) is 11.3. The molecule has 0 saturated carbocycles. The van der Waals surface area contributed by atoms with Gasteiger partial charge in [-0.15, -0.1) is 0 Å². The molecule has 0 bridgehead atoms. The molecule has 88 valence electrons. The van der Waals surface area contributed by atoms with Crippen LogP contribution in [0.1, 0.15) is 10.4 Å². The van der Waals surface area contributed by atoms with Crippen molar-refractivity contribution in [2.45, 2.75) is 0 Å². The van der Waals surface area contributed by atoms with Crippen molar-refractivity contribution in [2.75, 3.05) is 27.4 Å². The summed E-state index contributed by atoms with van der Waals surface area (Å²) >= 11 is 2.15. The van der Waals surface area contributed by atoms with Gasteiger partial charge in [-0.1, -0.05) is 0 Å². The third-order valence-corrected chi connectivity index (χ3v) is 2.79. The molecule has 16 heavy (non-hydrogen) atoms. The normalized spacial score (nSPS) is 9.94. The van der Waals surface area contributed by atoms with E-state index in [4.69, 9.17) is 9.47 Å². The third kappa shape index (κ3) is 3.64. The second-order valence-electron chi connectivity index (χ2n) is 2.98. The van der Waals surface area contributed by atoms with Crippen LogP contribution in [0.25, 0.3) is 0 Å². The molecule has 0 heterocycles. The van der Waals surface area contributed by atoms with Crippen molar-refractivity contribution >= 4 is 28.6 Å². The van der Waals surface area contributed by atoms with E-state index in [1.54, 1.807) is 19.2 Å². The minimum absolute atomic E-state index is 0.368. The maximum absolute atomic E-state index is 11.3. The van der Waals surface area contributed by atoms with Crippen molar-refractivity contribution in [1.29, 1.82) is 0 Å². The molecule has 0 aliphatic rings.